The number of hydrogen-bond acceptors (Lipinski definition) is 4. The molecule has 0 amide bonds. The molecule has 4 rings (SSSR count). The lowest BCUT2D eigenvalue weighted by Crippen LogP contribution is -2.14. The van der Waals surface area contributed by atoms with Crippen LogP contribution in [0.25, 0.3) is 22.0 Å². The van der Waals surface area contributed by atoms with Gasteiger partial charge >= 0.3 is 0 Å². The molecule has 0 aliphatic carbocycles. The summed E-state index contributed by atoms with van der Waals surface area (Å²) in [5, 5.41) is 18.4. The van der Waals surface area contributed by atoms with Crippen molar-refractivity contribution in [1.29, 1.82) is 5.26 Å². The molecule has 1 heterocycles. The third-order valence-corrected chi connectivity index (χ3v) is 5.58. The fourth-order valence-corrected chi connectivity index (χ4v) is 4.15. The van der Waals surface area contributed by atoms with Crippen LogP contribution in [-0.4, -0.2) is 16.9 Å². The van der Waals surface area contributed by atoms with E-state index in [0.29, 0.717) is 12.1 Å². The van der Waals surface area contributed by atoms with E-state index >= 15 is 0 Å². The molecule has 5 heteroatoms. The van der Waals surface area contributed by atoms with Crippen LogP contribution in [0, 0.1) is 11.3 Å². The number of benzene rings is 3. The maximum Gasteiger partial charge on any atom is 0.206 e. The first kappa shape index (κ1) is 18.9. The highest BCUT2D eigenvalue weighted by molar-refractivity contribution is 7.07. The predicted molar refractivity (Wildman–Crippen MR) is 120 cm³/mol. The first-order valence-electron chi connectivity index (χ1n) is 9.46. The van der Waals surface area contributed by atoms with Crippen molar-refractivity contribution in [3.8, 4) is 17.3 Å². The fraction of sp³-hybridized carbons (Fsp3) is 0.125. The zero-order valence-electron chi connectivity index (χ0n) is 16.3. The van der Waals surface area contributed by atoms with Gasteiger partial charge in [0.05, 0.1) is 23.0 Å². The number of rotatable bonds is 4. The molecular formula is C24H20N4S. The first-order chi connectivity index (χ1) is 14.2. The van der Waals surface area contributed by atoms with E-state index in [9.17, 15) is 0 Å². The van der Waals surface area contributed by atoms with Crippen LogP contribution in [0.15, 0.2) is 82.2 Å². The smallest absolute Gasteiger partial charge is 0.206 e. The summed E-state index contributed by atoms with van der Waals surface area (Å²) >= 11 is 1.59. The van der Waals surface area contributed by atoms with Gasteiger partial charge in [0.25, 0.3) is 0 Å². The summed E-state index contributed by atoms with van der Waals surface area (Å²) < 4.78 is 1.93. The highest BCUT2D eigenvalue weighted by atomic mass is 32.1. The standard InChI is InChI=1S/C24H20N4S/c1-3-26-24-28(27-17(2)19-13-11-18(15-25)12-14-19)23(16-29-24)22-10-6-8-20-7-4-5-9-21(20)22/h4-14,16H,3H2,1-2H3. The third kappa shape index (κ3) is 3.75. The van der Waals surface area contributed by atoms with Crippen LogP contribution in [0.4, 0.5) is 0 Å². The number of fused-ring (bicyclic) bond motifs is 1. The molecule has 4 nitrogen and oxygen atoms in total. The Labute approximate surface area is 173 Å². The summed E-state index contributed by atoms with van der Waals surface area (Å²) in [6, 6.07) is 24.3. The predicted octanol–water partition coefficient (Wildman–Crippen LogP) is 5.43. The average molecular weight is 397 g/mol. The molecule has 0 radical (unpaired) electrons. The van der Waals surface area contributed by atoms with Crippen molar-refractivity contribution in [3.05, 3.63) is 88.0 Å². The number of nitrogens with zero attached hydrogens (tertiary/aromatic N) is 4. The molecule has 0 atom stereocenters. The Morgan fingerprint density at radius 1 is 1.03 bits per heavy atom. The quantitative estimate of drug-likeness (QED) is 0.424. The van der Waals surface area contributed by atoms with Crippen LogP contribution in [0.2, 0.25) is 0 Å². The van der Waals surface area contributed by atoms with Crippen LogP contribution in [0.1, 0.15) is 25.0 Å². The number of hydrogen-bond donors (Lipinski definition) is 0. The van der Waals surface area contributed by atoms with Gasteiger partial charge in [-0.15, -0.1) is 11.3 Å². The molecule has 0 saturated carbocycles. The Morgan fingerprint density at radius 3 is 2.55 bits per heavy atom. The number of nitriles is 1. The van der Waals surface area contributed by atoms with E-state index in [4.69, 9.17) is 10.4 Å². The third-order valence-electron chi connectivity index (χ3n) is 4.73. The summed E-state index contributed by atoms with van der Waals surface area (Å²) in [5.41, 5.74) is 4.64. The fourth-order valence-electron chi connectivity index (χ4n) is 3.27. The second-order valence-corrected chi connectivity index (χ2v) is 7.43. The van der Waals surface area contributed by atoms with Gasteiger partial charge in [-0.2, -0.15) is 10.4 Å². The lowest BCUT2D eigenvalue weighted by molar-refractivity contribution is 0.828. The molecule has 0 bridgehead atoms. The second-order valence-electron chi connectivity index (χ2n) is 6.59. The van der Waals surface area contributed by atoms with Gasteiger partial charge in [0.2, 0.25) is 4.80 Å². The van der Waals surface area contributed by atoms with Crippen LogP contribution in [0.3, 0.4) is 0 Å². The molecule has 0 spiro atoms. The van der Waals surface area contributed by atoms with Crippen molar-refractivity contribution in [1.82, 2.24) is 4.68 Å². The van der Waals surface area contributed by atoms with Gasteiger partial charge in [0.15, 0.2) is 0 Å². The van der Waals surface area contributed by atoms with Crippen molar-refractivity contribution in [2.45, 2.75) is 13.8 Å². The maximum atomic E-state index is 9.02. The minimum Gasteiger partial charge on any atom is -0.258 e. The minimum absolute atomic E-state index is 0.642. The molecule has 0 aliphatic rings. The Hall–Kier alpha value is -3.49. The molecule has 29 heavy (non-hydrogen) atoms. The summed E-state index contributed by atoms with van der Waals surface area (Å²) in [7, 11) is 0. The van der Waals surface area contributed by atoms with Crippen molar-refractivity contribution >= 4 is 27.8 Å². The first-order valence-corrected chi connectivity index (χ1v) is 10.3. The number of thiazole rings is 1. The molecular weight excluding hydrogens is 376 g/mol. The van der Waals surface area contributed by atoms with Crippen LogP contribution >= 0.6 is 11.3 Å². The van der Waals surface area contributed by atoms with Gasteiger partial charge in [-0.25, -0.2) is 4.68 Å². The topological polar surface area (TPSA) is 53.4 Å². The van der Waals surface area contributed by atoms with Gasteiger partial charge in [-0.05, 0) is 42.3 Å². The molecule has 0 aliphatic heterocycles. The Kier molecular flexibility index (Phi) is 5.37. The molecule has 3 aromatic carbocycles. The van der Waals surface area contributed by atoms with Gasteiger partial charge in [-0.1, -0.05) is 54.6 Å². The monoisotopic (exact) mass is 396 g/mol. The van der Waals surface area contributed by atoms with Crippen molar-refractivity contribution in [2.75, 3.05) is 6.54 Å². The van der Waals surface area contributed by atoms with Crippen LogP contribution < -0.4 is 4.80 Å². The minimum atomic E-state index is 0.642. The SMILES string of the molecule is CCN=c1scc(-c2cccc3ccccc23)n1N=C(C)c1ccc(C#N)cc1. The zero-order valence-corrected chi connectivity index (χ0v) is 17.1. The summed E-state index contributed by atoms with van der Waals surface area (Å²) in [4.78, 5) is 5.50. The van der Waals surface area contributed by atoms with E-state index in [-0.39, 0.29) is 0 Å². The van der Waals surface area contributed by atoms with E-state index < -0.39 is 0 Å². The molecule has 1 aromatic heterocycles. The zero-order chi connectivity index (χ0) is 20.2. The van der Waals surface area contributed by atoms with E-state index in [1.165, 1.54) is 10.8 Å². The van der Waals surface area contributed by atoms with E-state index in [1.807, 2.05) is 42.8 Å². The van der Waals surface area contributed by atoms with Crippen molar-refractivity contribution in [3.63, 3.8) is 0 Å². The van der Waals surface area contributed by atoms with Crippen LogP contribution in [0.5, 0.6) is 0 Å². The Bertz CT molecular complexity index is 1300. The Balaban J connectivity index is 1.90. The second kappa shape index (κ2) is 8.26. The Morgan fingerprint density at radius 2 is 1.79 bits per heavy atom. The molecule has 142 valence electrons. The summed E-state index contributed by atoms with van der Waals surface area (Å²) in [5.74, 6) is 0. The van der Waals surface area contributed by atoms with Crippen molar-refractivity contribution in [2.24, 2.45) is 10.1 Å². The highest BCUT2D eigenvalue weighted by Crippen LogP contribution is 2.29. The molecule has 0 N–H and O–H groups in total. The maximum absolute atomic E-state index is 9.02. The van der Waals surface area contributed by atoms with Gasteiger partial charge < -0.3 is 0 Å². The summed E-state index contributed by atoms with van der Waals surface area (Å²) in [6.45, 7) is 4.70. The molecule has 4 aromatic rings. The van der Waals surface area contributed by atoms with Gasteiger partial charge in [0, 0.05) is 17.5 Å². The lowest BCUT2D eigenvalue weighted by atomic mass is 10.0. The normalized spacial score (nSPS) is 12.3. The average Bonchev–Trinajstić information content (AvgIpc) is 3.15. The number of aromatic nitrogens is 1. The van der Waals surface area contributed by atoms with Crippen molar-refractivity contribution < 1.29 is 0 Å². The van der Waals surface area contributed by atoms with Gasteiger partial charge in [-0.3, -0.25) is 4.99 Å². The van der Waals surface area contributed by atoms with Gasteiger partial charge in [0.1, 0.15) is 0 Å². The van der Waals surface area contributed by atoms with E-state index in [1.54, 1.807) is 11.3 Å². The lowest BCUT2D eigenvalue weighted by Gasteiger charge is -2.09. The van der Waals surface area contributed by atoms with E-state index in [0.717, 1.165) is 27.3 Å². The van der Waals surface area contributed by atoms with Crippen LogP contribution in [-0.2, 0) is 0 Å². The highest BCUT2D eigenvalue weighted by Gasteiger charge is 2.11. The molecule has 0 unspecified atom stereocenters. The largest absolute Gasteiger partial charge is 0.258 e. The molecule has 0 saturated heterocycles. The summed E-state index contributed by atoms with van der Waals surface area (Å²) in [6.07, 6.45) is 0. The van der Waals surface area contributed by atoms with E-state index in [2.05, 4.69) is 58.9 Å². The molecule has 0 fully saturated rings.